The predicted molar refractivity (Wildman–Crippen MR) is 135 cm³/mol. The zero-order chi connectivity index (χ0) is 24.2. The number of aryl methyl sites for hydroxylation is 1. The fraction of sp³-hybridized carbons (Fsp3) is 0.407. The maximum absolute atomic E-state index is 14.3. The zero-order valence-electron chi connectivity index (χ0n) is 20.1. The Morgan fingerprint density at radius 3 is 2.83 bits per heavy atom. The van der Waals surface area contributed by atoms with Crippen molar-refractivity contribution in [3.05, 3.63) is 71.1 Å². The smallest absolute Gasteiger partial charge is 0.220 e. The van der Waals surface area contributed by atoms with Gasteiger partial charge in [-0.3, -0.25) is 4.98 Å². The van der Waals surface area contributed by atoms with Crippen LogP contribution in [0.2, 0.25) is 0 Å². The van der Waals surface area contributed by atoms with E-state index in [1.807, 2.05) is 25.1 Å². The second-order valence-electron chi connectivity index (χ2n) is 9.34. The van der Waals surface area contributed by atoms with E-state index >= 15 is 0 Å². The predicted octanol–water partition coefficient (Wildman–Crippen LogP) is 4.50. The Morgan fingerprint density at radius 2 is 2.03 bits per heavy atom. The molecule has 7 nitrogen and oxygen atoms in total. The maximum Gasteiger partial charge on any atom is 0.220 e. The SMILES string of the molecule is Cc1nc(N)nc2c1C(=NOCCCN1CCCC1)CC(c1ccc(F)cc1-c1cccnc1)C2. The van der Waals surface area contributed by atoms with Gasteiger partial charge in [0.05, 0.1) is 17.1 Å². The van der Waals surface area contributed by atoms with Gasteiger partial charge in [-0.05, 0) is 80.9 Å². The number of benzene rings is 1. The molecule has 8 heteroatoms. The molecule has 1 unspecified atom stereocenters. The molecule has 0 bridgehead atoms. The summed E-state index contributed by atoms with van der Waals surface area (Å²) >= 11 is 0. The third kappa shape index (κ3) is 5.32. The lowest BCUT2D eigenvalue weighted by Gasteiger charge is -2.28. The molecule has 2 aromatic heterocycles. The average molecular weight is 475 g/mol. The second kappa shape index (κ2) is 10.5. The molecular weight excluding hydrogens is 443 g/mol. The molecule has 3 aromatic rings. The van der Waals surface area contributed by atoms with Crippen molar-refractivity contribution < 1.29 is 9.23 Å². The molecule has 0 spiro atoms. The lowest BCUT2D eigenvalue weighted by molar-refractivity contribution is 0.131. The quantitative estimate of drug-likeness (QED) is 0.400. The number of nitrogens with zero attached hydrogens (tertiary/aromatic N) is 5. The maximum atomic E-state index is 14.3. The lowest BCUT2D eigenvalue weighted by Crippen LogP contribution is -2.24. The number of nitrogen functional groups attached to an aromatic ring is 1. The summed E-state index contributed by atoms with van der Waals surface area (Å²) in [6.07, 6.45) is 8.29. The average Bonchev–Trinajstić information content (AvgIpc) is 3.37. The summed E-state index contributed by atoms with van der Waals surface area (Å²) in [5.74, 6) is 0.0137. The standard InChI is InChI=1S/C27H31FN6O/c1-18-26-24(32-27(29)31-18)14-20(15-25(26)33-35-13-5-12-34-10-2-3-11-34)22-8-7-21(28)16-23(22)19-6-4-9-30-17-19/h4,6-9,16-17,20H,2-3,5,10-15H2,1H3,(H2,29,31,32). The minimum absolute atomic E-state index is 0.0407. The lowest BCUT2D eigenvalue weighted by atomic mass is 9.78. The van der Waals surface area contributed by atoms with Crippen LogP contribution >= 0.6 is 0 Å². The number of anilines is 1. The van der Waals surface area contributed by atoms with Gasteiger partial charge in [0.25, 0.3) is 0 Å². The van der Waals surface area contributed by atoms with E-state index < -0.39 is 0 Å². The van der Waals surface area contributed by atoms with Gasteiger partial charge in [-0.25, -0.2) is 14.4 Å². The number of nitrogens with two attached hydrogens (primary N) is 1. The molecule has 3 heterocycles. The van der Waals surface area contributed by atoms with Crippen LogP contribution in [0.1, 0.15) is 54.1 Å². The number of hydrogen-bond acceptors (Lipinski definition) is 7. The summed E-state index contributed by atoms with van der Waals surface area (Å²) in [5, 5.41) is 4.57. The number of hydrogen-bond donors (Lipinski definition) is 1. The topological polar surface area (TPSA) is 89.5 Å². The van der Waals surface area contributed by atoms with Crippen LogP contribution in [0.5, 0.6) is 0 Å². The van der Waals surface area contributed by atoms with Crippen LogP contribution in [0.25, 0.3) is 11.1 Å². The summed E-state index contributed by atoms with van der Waals surface area (Å²) in [5.41, 5.74) is 12.1. The first-order chi connectivity index (χ1) is 17.1. The van der Waals surface area contributed by atoms with Crippen LogP contribution in [0.4, 0.5) is 10.3 Å². The van der Waals surface area contributed by atoms with E-state index in [1.54, 1.807) is 18.5 Å². The van der Waals surface area contributed by atoms with Crippen LogP contribution in [0.15, 0.2) is 47.9 Å². The third-order valence-corrected chi connectivity index (χ3v) is 6.86. The molecule has 0 saturated carbocycles. The summed E-state index contributed by atoms with van der Waals surface area (Å²) in [6.45, 7) is 5.88. The van der Waals surface area contributed by atoms with Gasteiger partial charge in [0.1, 0.15) is 12.4 Å². The van der Waals surface area contributed by atoms with Gasteiger partial charge in [-0.1, -0.05) is 17.3 Å². The van der Waals surface area contributed by atoms with Crippen LogP contribution in [0, 0.1) is 12.7 Å². The molecule has 35 heavy (non-hydrogen) atoms. The van der Waals surface area contributed by atoms with Crippen LogP contribution < -0.4 is 5.73 Å². The Kier molecular flexibility index (Phi) is 6.99. The molecule has 1 aliphatic heterocycles. The summed E-state index contributed by atoms with van der Waals surface area (Å²) in [7, 11) is 0. The van der Waals surface area contributed by atoms with Crippen LogP contribution in [-0.4, -0.2) is 51.8 Å². The normalized spacial score (nSPS) is 19.1. The van der Waals surface area contributed by atoms with Crippen molar-refractivity contribution >= 4 is 11.7 Å². The van der Waals surface area contributed by atoms with Crippen LogP contribution in [-0.2, 0) is 11.3 Å². The van der Waals surface area contributed by atoms with Gasteiger partial charge in [0.15, 0.2) is 0 Å². The fourth-order valence-corrected chi connectivity index (χ4v) is 5.26. The van der Waals surface area contributed by atoms with Crippen molar-refractivity contribution in [1.82, 2.24) is 19.9 Å². The largest absolute Gasteiger partial charge is 0.396 e. The summed E-state index contributed by atoms with van der Waals surface area (Å²) in [4.78, 5) is 21.4. The number of rotatable bonds is 7. The monoisotopic (exact) mass is 474 g/mol. The van der Waals surface area contributed by atoms with Gasteiger partial charge in [-0.15, -0.1) is 0 Å². The summed E-state index contributed by atoms with van der Waals surface area (Å²) in [6, 6.07) is 8.76. The number of likely N-dealkylation sites (tertiary alicyclic amines) is 1. The molecule has 0 radical (unpaired) electrons. The fourth-order valence-electron chi connectivity index (χ4n) is 5.26. The first kappa shape index (κ1) is 23.4. The molecule has 1 saturated heterocycles. The second-order valence-corrected chi connectivity index (χ2v) is 9.34. The highest BCUT2D eigenvalue weighted by atomic mass is 19.1. The third-order valence-electron chi connectivity index (χ3n) is 6.86. The number of oxime groups is 1. The Bertz CT molecular complexity index is 1210. The van der Waals surface area contributed by atoms with Crippen molar-refractivity contribution in [1.29, 1.82) is 0 Å². The van der Waals surface area contributed by atoms with E-state index in [0.29, 0.717) is 19.4 Å². The first-order valence-electron chi connectivity index (χ1n) is 12.3. The van der Waals surface area contributed by atoms with E-state index in [-0.39, 0.29) is 17.7 Å². The van der Waals surface area contributed by atoms with E-state index in [4.69, 9.17) is 10.6 Å². The highest BCUT2D eigenvalue weighted by molar-refractivity contribution is 6.03. The van der Waals surface area contributed by atoms with E-state index in [1.165, 1.54) is 32.0 Å². The number of halogens is 1. The van der Waals surface area contributed by atoms with Gasteiger partial charge in [0, 0.05) is 36.5 Å². The van der Waals surface area contributed by atoms with Crippen LogP contribution in [0.3, 0.4) is 0 Å². The Hall–Kier alpha value is -3.39. The molecule has 1 aliphatic carbocycles. The molecule has 1 fully saturated rings. The molecule has 182 valence electrons. The molecule has 1 aromatic carbocycles. The van der Waals surface area contributed by atoms with E-state index in [9.17, 15) is 4.39 Å². The van der Waals surface area contributed by atoms with Crippen molar-refractivity contribution in [2.24, 2.45) is 5.16 Å². The van der Waals surface area contributed by atoms with Crippen molar-refractivity contribution in [2.45, 2.75) is 44.9 Å². The summed E-state index contributed by atoms with van der Waals surface area (Å²) < 4.78 is 14.3. The highest BCUT2D eigenvalue weighted by Gasteiger charge is 2.30. The van der Waals surface area contributed by atoms with Crippen molar-refractivity contribution in [2.75, 3.05) is 32.0 Å². The number of fused-ring (bicyclic) bond motifs is 1. The molecule has 5 rings (SSSR count). The minimum Gasteiger partial charge on any atom is -0.396 e. The molecule has 0 amide bonds. The Morgan fingerprint density at radius 1 is 1.17 bits per heavy atom. The zero-order valence-corrected chi connectivity index (χ0v) is 20.1. The Balaban J connectivity index is 1.43. The van der Waals surface area contributed by atoms with Crippen molar-refractivity contribution in [3.63, 3.8) is 0 Å². The molecule has 2 aliphatic rings. The molecule has 1 atom stereocenters. The van der Waals surface area contributed by atoms with Gasteiger partial charge in [0.2, 0.25) is 5.95 Å². The first-order valence-corrected chi connectivity index (χ1v) is 12.3. The number of aromatic nitrogens is 3. The molecular formula is C27H31FN6O. The molecule has 2 N–H and O–H groups in total. The number of pyridine rings is 1. The Labute approximate surface area is 205 Å². The van der Waals surface area contributed by atoms with E-state index in [2.05, 4.69) is 25.0 Å². The van der Waals surface area contributed by atoms with Gasteiger partial charge >= 0.3 is 0 Å². The van der Waals surface area contributed by atoms with E-state index in [0.717, 1.165) is 52.3 Å². The van der Waals surface area contributed by atoms with Gasteiger partial charge in [-0.2, -0.15) is 0 Å². The van der Waals surface area contributed by atoms with Gasteiger partial charge < -0.3 is 15.5 Å². The van der Waals surface area contributed by atoms with Crippen molar-refractivity contribution in [3.8, 4) is 11.1 Å². The highest BCUT2D eigenvalue weighted by Crippen LogP contribution is 2.38. The minimum atomic E-state index is -0.276.